The van der Waals surface area contributed by atoms with E-state index in [1.807, 2.05) is 0 Å². The lowest BCUT2D eigenvalue weighted by Crippen LogP contribution is -2.07. The van der Waals surface area contributed by atoms with Crippen LogP contribution in [-0.4, -0.2) is 26.9 Å². The Hall–Kier alpha value is -0.630. The summed E-state index contributed by atoms with van der Waals surface area (Å²) in [6.45, 7) is 7.69. The molecule has 0 spiro atoms. The summed E-state index contributed by atoms with van der Waals surface area (Å²) in [7, 11) is 1.64. The zero-order chi connectivity index (χ0) is 9.23. The highest BCUT2D eigenvalue weighted by molar-refractivity contribution is 5.22. The van der Waals surface area contributed by atoms with E-state index in [4.69, 9.17) is 0 Å². The Kier molecular flexibility index (Phi) is 8.02. The summed E-state index contributed by atoms with van der Waals surface area (Å²) >= 11 is 0. The van der Waals surface area contributed by atoms with Gasteiger partial charge in [-0.25, -0.2) is 0 Å². The molecule has 0 aromatic carbocycles. The molecule has 12 heavy (non-hydrogen) atoms. The first kappa shape index (κ1) is 11.4. The van der Waals surface area contributed by atoms with Crippen molar-refractivity contribution in [2.75, 3.05) is 20.1 Å². The largest absolute Gasteiger partial charge is 0.316 e. The molecule has 70 valence electrons. The van der Waals surface area contributed by atoms with Crippen molar-refractivity contribution < 1.29 is 0 Å². The molecule has 1 heterocycles. The Morgan fingerprint density at radius 1 is 1.67 bits per heavy atom. The number of rotatable bonds is 2. The predicted molar refractivity (Wildman–Crippen MR) is 55.9 cm³/mol. The molecule has 1 rings (SSSR count). The molecule has 1 unspecified atom stereocenters. The van der Waals surface area contributed by atoms with E-state index in [1.54, 1.807) is 7.05 Å². The highest BCUT2D eigenvalue weighted by Gasteiger charge is 2.09. The van der Waals surface area contributed by atoms with Crippen LogP contribution in [0.2, 0.25) is 0 Å². The lowest BCUT2D eigenvalue weighted by Gasteiger charge is -1.96. The van der Waals surface area contributed by atoms with Crippen molar-refractivity contribution in [3.8, 4) is 0 Å². The lowest BCUT2D eigenvalue weighted by molar-refractivity contribution is 0.725. The Labute approximate surface area is 75.8 Å². The number of nitrogens with zero attached hydrogens (tertiary/aromatic N) is 1. The molecule has 0 bridgehead atoms. The van der Waals surface area contributed by atoms with Crippen molar-refractivity contribution >= 4 is 6.72 Å². The SMILES string of the molecule is C=NC.CC/C=C/C1CCNC1. The molecule has 0 saturated carbocycles. The Balaban J connectivity index is 0.000000354. The zero-order valence-electron chi connectivity index (χ0n) is 8.21. The number of aliphatic imine (C=N–C) groups is 1. The van der Waals surface area contributed by atoms with Crippen LogP contribution in [0.1, 0.15) is 19.8 Å². The summed E-state index contributed by atoms with van der Waals surface area (Å²) in [5.74, 6) is 0.824. The molecular weight excluding hydrogens is 148 g/mol. The van der Waals surface area contributed by atoms with Crippen LogP contribution in [0.25, 0.3) is 0 Å². The minimum atomic E-state index is 0.824. The Morgan fingerprint density at radius 3 is 2.75 bits per heavy atom. The first-order chi connectivity index (χ1) is 5.85. The van der Waals surface area contributed by atoms with Gasteiger partial charge in [0.1, 0.15) is 0 Å². The Bertz CT molecular complexity index is 124. The highest BCUT2D eigenvalue weighted by Crippen LogP contribution is 2.08. The monoisotopic (exact) mass is 168 g/mol. The molecule has 1 atom stereocenters. The van der Waals surface area contributed by atoms with Crippen molar-refractivity contribution in [2.45, 2.75) is 19.8 Å². The van der Waals surface area contributed by atoms with E-state index in [9.17, 15) is 0 Å². The molecule has 0 aromatic heterocycles. The van der Waals surface area contributed by atoms with Gasteiger partial charge in [-0.1, -0.05) is 19.1 Å². The fourth-order valence-electron chi connectivity index (χ4n) is 1.17. The topological polar surface area (TPSA) is 24.4 Å². The molecular formula is C10H20N2. The fraction of sp³-hybridized carbons (Fsp3) is 0.700. The molecule has 2 nitrogen and oxygen atoms in total. The highest BCUT2D eigenvalue weighted by atomic mass is 14.9. The van der Waals surface area contributed by atoms with Crippen LogP contribution < -0.4 is 5.32 Å². The van der Waals surface area contributed by atoms with Gasteiger partial charge in [0.25, 0.3) is 0 Å². The molecule has 1 aliphatic heterocycles. The van der Waals surface area contributed by atoms with Crippen LogP contribution in [0.5, 0.6) is 0 Å². The summed E-state index contributed by atoms with van der Waals surface area (Å²) in [5.41, 5.74) is 0. The van der Waals surface area contributed by atoms with Crippen molar-refractivity contribution in [1.29, 1.82) is 0 Å². The number of nitrogens with one attached hydrogen (secondary N) is 1. The standard InChI is InChI=1S/C8H15N.C2H5N/c1-2-3-4-8-5-6-9-7-8;1-3-2/h3-4,8-9H,2,5-7H2,1H3;1H2,2H3/b4-3+;. The molecule has 1 fully saturated rings. The minimum absolute atomic E-state index is 0.824. The Morgan fingerprint density at radius 2 is 2.33 bits per heavy atom. The van der Waals surface area contributed by atoms with E-state index in [0.29, 0.717) is 0 Å². The smallest absolute Gasteiger partial charge is 0.0269 e. The van der Waals surface area contributed by atoms with Gasteiger partial charge in [-0.3, -0.25) is 0 Å². The summed E-state index contributed by atoms with van der Waals surface area (Å²) < 4.78 is 0. The molecule has 0 amide bonds. The second kappa shape index (κ2) is 8.47. The van der Waals surface area contributed by atoms with Crippen molar-refractivity contribution in [3.63, 3.8) is 0 Å². The van der Waals surface area contributed by atoms with E-state index in [1.165, 1.54) is 25.9 Å². The predicted octanol–water partition coefficient (Wildman–Crippen LogP) is 1.88. The van der Waals surface area contributed by atoms with Crippen molar-refractivity contribution in [3.05, 3.63) is 12.2 Å². The van der Waals surface area contributed by atoms with Crippen LogP contribution in [0, 0.1) is 5.92 Å². The maximum Gasteiger partial charge on any atom is 0.0269 e. The molecule has 0 aromatic rings. The third-order valence-corrected chi connectivity index (χ3v) is 1.74. The van der Waals surface area contributed by atoms with Crippen LogP contribution in [0.15, 0.2) is 17.1 Å². The van der Waals surface area contributed by atoms with Crippen LogP contribution in [-0.2, 0) is 0 Å². The summed E-state index contributed by atoms with van der Waals surface area (Å²) in [6.07, 6.45) is 7.10. The normalized spacial score (nSPS) is 22.0. The fourth-order valence-corrected chi connectivity index (χ4v) is 1.17. The molecule has 0 radical (unpaired) electrons. The summed E-state index contributed by atoms with van der Waals surface area (Å²) in [5, 5.41) is 3.33. The molecule has 1 saturated heterocycles. The first-order valence-corrected chi connectivity index (χ1v) is 4.57. The van der Waals surface area contributed by atoms with Crippen LogP contribution in [0.3, 0.4) is 0 Å². The molecule has 0 aliphatic carbocycles. The van der Waals surface area contributed by atoms with Gasteiger partial charge in [-0.2, -0.15) is 0 Å². The van der Waals surface area contributed by atoms with Gasteiger partial charge in [0.05, 0.1) is 0 Å². The minimum Gasteiger partial charge on any atom is -0.316 e. The van der Waals surface area contributed by atoms with E-state index in [2.05, 4.69) is 36.1 Å². The maximum atomic E-state index is 3.33. The first-order valence-electron chi connectivity index (χ1n) is 4.57. The van der Waals surface area contributed by atoms with E-state index in [-0.39, 0.29) is 0 Å². The number of allylic oxidation sites excluding steroid dienone is 1. The zero-order valence-corrected chi connectivity index (χ0v) is 8.21. The third-order valence-electron chi connectivity index (χ3n) is 1.74. The number of hydrogen-bond acceptors (Lipinski definition) is 2. The van der Waals surface area contributed by atoms with Crippen LogP contribution in [0.4, 0.5) is 0 Å². The summed E-state index contributed by atoms with van der Waals surface area (Å²) in [6, 6.07) is 0. The van der Waals surface area contributed by atoms with Gasteiger partial charge in [0, 0.05) is 13.6 Å². The molecule has 1 aliphatic rings. The second-order valence-corrected chi connectivity index (χ2v) is 2.91. The van der Waals surface area contributed by atoms with E-state index >= 15 is 0 Å². The molecule has 2 heteroatoms. The van der Waals surface area contributed by atoms with Gasteiger partial charge in [0.2, 0.25) is 0 Å². The molecule has 1 N–H and O–H groups in total. The lowest BCUT2D eigenvalue weighted by atomic mass is 10.1. The van der Waals surface area contributed by atoms with Gasteiger partial charge < -0.3 is 10.3 Å². The third kappa shape index (κ3) is 6.10. The van der Waals surface area contributed by atoms with Crippen molar-refractivity contribution in [2.24, 2.45) is 10.9 Å². The van der Waals surface area contributed by atoms with E-state index < -0.39 is 0 Å². The quantitative estimate of drug-likeness (QED) is 0.494. The average molecular weight is 168 g/mol. The van der Waals surface area contributed by atoms with Gasteiger partial charge in [0.15, 0.2) is 0 Å². The van der Waals surface area contributed by atoms with Gasteiger partial charge in [-0.05, 0) is 32.0 Å². The van der Waals surface area contributed by atoms with E-state index in [0.717, 1.165) is 5.92 Å². The second-order valence-electron chi connectivity index (χ2n) is 2.91. The van der Waals surface area contributed by atoms with Crippen LogP contribution >= 0.6 is 0 Å². The van der Waals surface area contributed by atoms with Gasteiger partial charge >= 0.3 is 0 Å². The number of hydrogen-bond donors (Lipinski definition) is 1. The average Bonchev–Trinajstić information content (AvgIpc) is 2.54. The van der Waals surface area contributed by atoms with Crippen molar-refractivity contribution in [1.82, 2.24) is 5.32 Å². The maximum absolute atomic E-state index is 3.33. The summed E-state index contributed by atoms with van der Waals surface area (Å²) in [4.78, 5) is 3.25. The van der Waals surface area contributed by atoms with Gasteiger partial charge in [-0.15, -0.1) is 0 Å².